The molecule has 35 heavy (non-hydrogen) atoms. The van der Waals surface area contributed by atoms with Crippen molar-refractivity contribution in [3.8, 4) is 6.07 Å². The van der Waals surface area contributed by atoms with Gasteiger partial charge in [-0.1, -0.05) is 51.8 Å². The van der Waals surface area contributed by atoms with E-state index in [9.17, 15) is 0 Å². The van der Waals surface area contributed by atoms with Crippen LogP contribution in [-0.4, -0.2) is 26.1 Å². The van der Waals surface area contributed by atoms with Crippen molar-refractivity contribution >= 4 is 50.5 Å². The predicted molar refractivity (Wildman–Crippen MR) is 148 cm³/mol. The van der Waals surface area contributed by atoms with Gasteiger partial charge < -0.3 is 14.8 Å². The molecule has 176 valence electrons. The fourth-order valence-corrected chi connectivity index (χ4v) is 4.42. The third-order valence-corrected chi connectivity index (χ3v) is 6.64. The molecule has 1 aromatic heterocycles. The number of nitriles is 1. The van der Waals surface area contributed by atoms with E-state index in [1.54, 1.807) is 0 Å². The van der Waals surface area contributed by atoms with Gasteiger partial charge in [-0.2, -0.15) is 5.26 Å². The molecule has 5 nitrogen and oxygen atoms in total. The molecular formula is C27H23BrClN5S. The largest absolute Gasteiger partial charge is 0.344 e. The van der Waals surface area contributed by atoms with Crippen molar-refractivity contribution in [2.75, 3.05) is 11.9 Å². The minimum absolute atomic E-state index is 0.632. The Hall–Kier alpha value is -3.18. The number of hydrogen-bond acceptors (Lipinski definition) is 3. The number of imidazole rings is 1. The number of nitrogens with zero attached hydrogens (tertiary/aromatic N) is 4. The number of nitrogens with one attached hydrogen (secondary N) is 1. The highest BCUT2D eigenvalue weighted by atomic mass is 79.9. The van der Waals surface area contributed by atoms with Crippen molar-refractivity contribution in [3.63, 3.8) is 0 Å². The molecule has 0 aliphatic heterocycles. The molecule has 0 radical (unpaired) electrons. The summed E-state index contributed by atoms with van der Waals surface area (Å²) in [7, 11) is 0. The number of benzene rings is 3. The van der Waals surface area contributed by atoms with E-state index in [-0.39, 0.29) is 0 Å². The van der Waals surface area contributed by atoms with E-state index in [0.717, 1.165) is 33.4 Å². The molecule has 0 atom stereocenters. The Morgan fingerprint density at radius 1 is 1.09 bits per heavy atom. The van der Waals surface area contributed by atoms with E-state index in [0.29, 0.717) is 35.3 Å². The first-order valence-electron chi connectivity index (χ1n) is 11.0. The van der Waals surface area contributed by atoms with Crippen LogP contribution < -0.4 is 5.32 Å². The van der Waals surface area contributed by atoms with E-state index in [2.05, 4.69) is 47.8 Å². The Kier molecular flexibility index (Phi) is 8.54. The number of anilines is 1. The smallest absolute Gasteiger partial charge is 0.173 e. The molecule has 4 aromatic rings. The lowest BCUT2D eigenvalue weighted by Gasteiger charge is -2.26. The third kappa shape index (κ3) is 7.15. The van der Waals surface area contributed by atoms with E-state index in [1.165, 1.54) is 0 Å². The van der Waals surface area contributed by atoms with Gasteiger partial charge in [0.2, 0.25) is 0 Å². The first-order valence-corrected chi connectivity index (χ1v) is 12.6. The highest BCUT2D eigenvalue weighted by molar-refractivity contribution is 9.10. The average Bonchev–Trinajstić information content (AvgIpc) is 3.30. The maximum Gasteiger partial charge on any atom is 0.173 e. The molecule has 3 aromatic carbocycles. The minimum atomic E-state index is 0.632. The van der Waals surface area contributed by atoms with Gasteiger partial charge in [0.15, 0.2) is 5.11 Å². The van der Waals surface area contributed by atoms with Gasteiger partial charge in [-0.3, -0.25) is 0 Å². The summed E-state index contributed by atoms with van der Waals surface area (Å²) in [5, 5.41) is 13.7. The fraction of sp³-hybridized carbons (Fsp3) is 0.148. The van der Waals surface area contributed by atoms with Crippen molar-refractivity contribution in [3.05, 3.63) is 117 Å². The molecular weight excluding hydrogens is 542 g/mol. The lowest BCUT2D eigenvalue weighted by atomic mass is 10.1. The van der Waals surface area contributed by atoms with E-state index in [4.69, 9.17) is 29.1 Å². The van der Waals surface area contributed by atoms with Crippen LogP contribution in [0.4, 0.5) is 5.69 Å². The highest BCUT2D eigenvalue weighted by Crippen LogP contribution is 2.18. The summed E-state index contributed by atoms with van der Waals surface area (Å²) in [5.74, 6) is 0. The molecule has 0 amide bonds. The van der Waals surface area contributed by atoms with Crippen molar-refractivity contribution in [2.24, 2.45) is 0 Å². The SMILES string of the molecule is N#Cc1ccc(Cn2cncc2CCN(Cc2cccc(Cl)c2)C(=S)Nc2ccc(Br)cc2)cc1. The topological polar surface area (TPSA) is 56.9 Å². The van der Waals surface area contributed by atoms with Crippen LogP contribution in [0.2, 0.25) is 5.02 Å². The van der Waals surface area contributed by atoms with Crippen LogP contribution in [0, 0.1) is 11.3 Å². The Morgan fingerprint density at radius 2 is 1.86 bits per heavy atom. The van der Waals surface area contributed by atoms with Gasteiger partial charge in [-0.25, -0.2) is 4.98 Å². The molecule has 1 heterocycles. The lowest BCUT2D eigenvalue weighted by Crippen LogP contribution is -2.36. The van der Waals surface area contributed by atoms with Crippen LogP contribution in [0.15, 0.2) is 89.8 Å². The second-order valence-electron chi connectivity index (χ2n) is 8.06. The van der Waals surface area contributed by atoms with Crippen molar-refractivity contribution in [1.29, 1.82) is 5.26 Å². The Labute approximate surface area is 224 Å². The van der Waals surface area contributed by atoms with Crippen molar-refractivity contribution in [1.82, 2.24) is 14.5 Å². The molecule has 0 spiro atoms. The number of halogens is 2. The summed E-state index contributed by atoms with van der Waals surface area (Å²) in [4.78, 5) is 6.51. The predicted octanol–water partition coefficient (Wildman–Crippen LogP) is 6.66. The molecule has 4 rings (SSSR count). The van der Waals surface area contributed by atoms with Gasteiger partial charge in [0.25, 0.3) is 0 Å². The maximum atomic E-state index is 9.03. The number of thiocarbonyl (C=S) groups is 1. The first kappa shape index (κ1) is 24.9. The van der Waals surface area contributed by atoms with Crippen LogP contribution >= 0.6 is 39.7 Å². The normalized spacial score (nSPS) is 10.5. The van der Waals surface area contributed by atoms with Crippen LogP contribution in [0.1, 0.15) is 22.4 Å². The molecule has 0 aliphatic carbocycles. The summed E-state index contributed by atoms with van der Waals surface area (Å²) in [5.41, 5.74) is 4.90. The van der Waals surface area contributed by atoms with E-state index < -0.39 is 0 Å². The van der Waals surface area contributed by atoms with E-state index in [1.807, 2.05) is 79.3 Å². The summed E-state index contributed by atoms with van der Waals surface area (Å²) < 4.78 is 3.14. The molecule has 0 fully saturated rings. The standard InChI is InChI=1S/C27H23BrClN5S/c28-23-8-10-25(11-9-23)32-27(35)33(18-22-2-1-3-24(29)14-22)13-12-26-16-31-19-34(26)17-21-6-4-20(15-30)5-7-21/h1-11,14,16,19H,12-13,17-18H2,(H,32,35). The Bertz CT molecular complexity index is 1330. The minimum Gasteiger partial charge on any atom is -0.344 e. The zero-order chi connectivity index (χ0) is 24.6. The molecule has 0 saturated heterocycles. The van der Waals surface area contributed by atoms with Crippen molar-refractivity contribution < 1.29 is 0 Å². The number of hydrogen-bond donors (Lipinski definition) is 1. The molecule has 0 unspecified atom stereocenters. The number of rotatable bonds is 8. The maximum absolute atomic E-state index is 9.03. The quantitative estimate of drug-likeness (QED) is 0.243. The van der Waals surface area contributed by atoms with Crippen LogP contribution in [0.25, 0.3) is 0 Å². The van der Waals surface area contributed by atoms with Gasteiger partial charge in [0.05, 0.1) is 18.0 Å². The Morgan fingerprint density at radius 3 is 2.57 bits per heavy atom. The monoisotopic (exact) mass is 563 g/mol. The van der Waals surface area contributed by atoms with Crippen LogP contribution in [-0.2, 0) is 19.5 Å². The summed E-state index contributed by atoms with van der Waals surface area (Å²) in [6.45, 7) is 2.03. The fourth-order valence-electron chi connectivity index (χ4n) is 3.67. The lowest BCUT2D eigenvalue weighted by molar-refractivity contribution is 0.418. The molecule has 0 bridgehead atoms. The summed E-state index contributed by atoms with van der Waals surface area (Å²) in [6, 6.07) is 25.6. The first-order chi connectivity index (χ1) is 17.0. The van der Waals surface area contributed by atoms with E-state index >= 15 is 0 Å². The zero-order valence-corrected chi connectivity index (χ0v) is 22.0. The molecule has 8 heteroatoms. The summed E-state index contributed by atoms with van der Waals surface area (Å²) in [6.07, 6.45) is 4.50. The highest BCUT2D eigenvalue weighted by Gasteiger charge is 2.13. The molecule has 0 aliphatic rings. The molecule has 0 saturated carbocycles. The second-order valence-corrected chi connectivity index (χ2v) is 9.80. The van der Waals surface area contributed by atoms with Crippen molar-refractivity contribution in [2.45, 2.75) is 19.5 Å². The average molecular weight is 565 g/mol. The summed E-state index contributed by atoms with van der Waals surface area (Å²) >= 11 is 15.5. The van der Waals surface area contributed by atoms with Gasteiger partial charge in [-0.05, 0) is 71.9 Å². The van der Waals surface area contributed by atoms with Gasteiger partial charge in [-0.15, -0.1) is 0 Å². The van der Waals surface area contributed by atoms with Gasteiger partial charge in [0.1, 0.15) is 0 Å². The third-order valence-electron chi connectivity index (χ3n) is 5.52. The van der Waals surface area contributed by atoms with Crippen LogP contribution in [0.3, 0.4) is 0 Å². The van der Waals surface area contributed by atoms with Gasteiger partial charge >= 0.3 is 0 Å². The van der Waals surface area contributed by atoms with Gasteiger partial charge in [0, 0.05) is 53.1 Å². The number of aromatic nitrogens is 2. The molecule has 1 N–H and O–H groups in total. The zero-order valence-electron chi connectivity index (χ0n) is 18.9. The second kappa shape index (κ2) is 12.0. The van der Waals surface area contributed by atoms with Crippen LogP contribution in [0.5, 0.6) is 0 Å². The Balaban J connectivity index is 1.47.